The Bertz CT molecular complexity index is 687. The van der Waals surface area contributed by atoms with Crippen LogP contribution in [0.3, 0.4) is 0 Å². The van der Waals surface area contributed by atoms with Crippen molar-refractivity contribution in [1.82, 2.24) is 0 Å². The molecule has 0 amide bonds. The number of rotatable bonds is 2. The summed E-state index contributed by atoms with van der Waals surface area (Å²) in [6.45, 7) is 10.1. The summed E-state index contributed by atoms with van der Waals surface area (Å²) in [7, 11) is 0. The summed E-state index contributed by atoms with van der Waals surface area (Å²) in [5, 5.41) is 0. The molecule has 128 valence electrons. The van der Waals surface area contributed by atoms with E-state index in [1.807, 2.05) is 3.88 Å². The Morgan fingerprint density at radius 2 is 1.62 bits per heavy atom. The zero-order valence-electron chi connectivity index (χ0n) is 15.8. The van der Waals surface area contributed by atoms with Gasteiger partial charge in [-0.1, -0.05) is 0 Å². The van der Waals surface area contributed by atoms with Crippen LogP contribution in [0.2, 0.25) is 17.3 Å². The summed E-state index contributed by atoms with van der Waals surface area (Å²) in [5.41, 5.74) is 3.31. The molecule has 24 heavy (non-hydrogen) atoms. The fourth-order valence-electron chi connectivity index (χ4n) is 6.30. The first kappa shape index (κ1) is 17.3. The fourth-order valence-corrected chi connectivity index (χ4v) is 21.0. The van der Waals surface area contributed by atoms with Crippen LogP contribution in [-0.4, -0.2) is 6.19 Å². The summed E-state index contributed by atoms with van der Waals surface area (Å²) in [5.74, 6) is 3.83. The van der Waals surface area contributed by atoms with Crippen LogP contribution >= 0.6 is 0 Å². The van der Waals surface area contributed by atoms with E-state index in [4.69, 9.17) is 0 Å². The van der Waals surface area contributed by atoms with Crippen LogP contribution in [0.1, 0.15) is 46.0 Å². The second kappa shape index (κ2) is 6.89. The zero-order chi connectivity index (χ0) is 16.8. The molecule has 2 heteroatoms. The van der Waals surface area contributed by atoms with Gasteiger partial charge in [0.2, 0.25) is 0 Å². The van der Waals surface area contributed by atoms with Crippen LogP contribution in [0.15, 0.2) is 45.4 Å². The minimum atomic E-state index is -1.20. The van der Waals surface area contributed by atoms with Crippen molar-refractivity contribution in [3.05, 3.63) is 45.4 Å². The van der Waals surface area contributed by atoms with Crippen LogP contribution in [0.25, 0.3) is 0 Å². The van der Waals surface area contributed by atoms with Crippen LogP contribution in [0.5, 0.6) is 0 Å². The quantitative estimate of drug-likeness (QED) is 0.489. The van der Waals surface area contributed by atoms with E-state index in [1.54, 1.807) is 11.1 Å². The fraction of sp³-hybridized carbons (Fsp3) is 0.636. The van der Waals surface area contributed by atoms with Gasteiger partial charge >= 0.3 is 155 Å². The van der Waals surface area contributed by atoms with Gasteiger partial charge in [-0.15, -0.1) is 0 Å². The molecule has 4 aliphatic rings. The monoisotopic (exact) mass is 372 g/mol. The van der Waals surface area contributed by atoms with E-state index in [-0.39, 0.29) is 6.19 Å². The van der Waals surface area contributed by atoms with Gasteiger partial charge in [0.1, 0.15) is 0 Å². The Morgan fingerprint density at radius 1 is 0.958 bits per heavy atom. The third-order valence-corrected chi connectivity index (χ3v) is 20.0. The zero-order valence-corrected chi connectivity index (χ0v) is 18.4. The average Bonchev–Trinajstić information content (AvgIpc) is 3.06. The molecule has 0 aromatic rings. The Balaban J connectivity index is 1.78. The molecule has 5 unspecified atom stereocenters. The van der Waals surface area contributed by atoms with E-state index < -0.39 is 16.6 Å². The van der Waals surface area contributed by atoms with Gasteiger partial charge in [0.15, 0.2) is 0 Å². The summed E-state index contributed by atoms with van der Waals surface area (Å²) < 4.78 is 3.07. The number of hydrogen-bond donors (Lipinski definition) is 0. The van der Waals surface area contributed by atoms with E-state index in [0.29, 0.717) is 0 Å². The molecular formula is C22H32SiTi. The Hall–Kier alpha value is -0.109. The molecule has 0 N–H and O–H groups in total. The summed E-state index contributed by atoms with van der Waals surface area (Å²) in [4.78, 5) is 0. The van der Waals surface area contributed by atoms with Crippen molar-refractivity contribution in [3.8, 4) is 0 Å². The van der Waals surface area contributed by atoms with Gasteiger partial charge in [-0.25, -0.2) is 0 Å². The van der Waals surface area contributed by atoms with Crippen molar-refractivity contribution in [2.45, 2.75) is 63.3 Å². The molecule has 0 aromatic heterocycles. The maximum atomic E-state index is 2.65. The van der Waals surface area contributed by atoms with Crippen LogP contribution in [0, 0.1) is 23.7 Å². The van der Waals surface area contributed by atoms with E-state index in [1.165, 1.54) is 32.1 Å². The van der Waals surface area contributed by atoms with Crippen LogP contribution in [0.4, 0.5) is 0 Å². The first-order chi connectivity index (χ1) is 11.6. The normalized spacial score (nSPS) is 37.3. The molecule has 0 heterocycles. The molecule has 5 atom stereocenters. The predicted molar refractivity (Wildman–Crippen MR) is 103 cm³/mol. The van der Waals surface area contributed by atoms with Crippen molar-refractivity contribution in [2.24, 2.45) is 23.7 Å². The topological polar surface area (TPSA) is 0 Å². The van der Waals surface area contributed by atoms with Gasteiger partial charge in [-0.05, 0) is 0 Å². The molecule has 0 bridgehead atoms. The standard InChI is InChI=1S/C13H17.C7H9.C2H6Si.Ti/c1-3-7-12-10(5-1)9-11-6-2-4-8-13(11)12;1-6-3-4-7(2)5-6;1-3-2;/h1,3,5,7,9-13H,2,4,6,8H2;5H,3H2,1-2H3;1-2H3;. The van der Waals surface area contributed by atoms with Crippen molar-refractivity contribution in [2.75, 3.05) is 0 Å². The minimum absolute atomic E-state index is 0.176. The van der Waals surface area contributed by atoms with E-state index in [2.05, 4.69) is 57.3 Å². The second-order valence-electron chi connectivity index (χ2n) is 8.81. The molecule has 0 radical (unpaired) electrons. The predicted octanol–water partition coefficient (Wildman–Crippen LogP) is 6.45. The van der Waals surface area contributed by atoms with Gasteiger partial charge in [0, 0.05) is 0 Å². The van der Waals surface area contributed by atoms with Gasteiger partial charge in [-0.2, -0.15) is 0 Å². The van der Waals surface area contributed by atoms with Gasteiger partial charge in [0.25, 0.3) is 0 Å². The van der Waals surface area contributed by atoms with Crippen LogP contribution in [-0.2, 0) is 16.6 Å². The van der Waals surface area contributed by atoms with Crippen molar-refractivity contribution >= 4 is 6.19 Å². The van der Waals surface area contributed by atoms with E-state index in [0.717, 1.165) is 27.9 Å². The van der Waals surface area contributed by atoms with Crippen LogP contribution < -0.4 is 0 Å². The molecule has 4 rings (SSSR count). The second-order valence-corrected chi connectivity index (χ2v) is 21.0. The summed E-state index contributed by atoms with van der Waals surface area (Å²) >= 11 is -1.20. The first-order valence-electron chi connectivity index (χ1n) is 9.97. The molecule has 0 spiro atoms. The summed E-state index contributed by atoms with van der Waals surface area (Å²) in [6, 6.07) is 0. The molecule has 2 fully saturated rings. The van der Waals surface area contributed by atoms with Gasteiger partial charge < -0.3 is 0 Å². The Labute approximate surface area is 154 Å². The number of fused-ring (bicyclic) bond motifs is 3. The Kier molecular flexibility index (Phi) is 4.97. The van der Waals surface area contributed by atoms with Gasteiger partial charge in [0.05, 0.1) is 0 Å². The van der Waals surface area contributed by atoms with Gasteiger partial charge in [-0.3, -0.25) is 0 Å². The molecular weight excluding hydrogens is 340 g/mol. The number of hydrogen-bond acceptors (Lipinski definition) is 0. The maximum absolute atomic E-state index is 2.65. The van der Waals surface area contributed by atoms with E-state index in [9.17, 15) is 0 Å². The molecule has 0 saturated heterocycles. The SMILES string of the molecule is CC1=CC(C)=[C]([Ti]([CH]2C3C=CC=CC3C3CCCCC32)=[Si](C)C)C1. The van der Waals surface area contributed by atoms with Crippen molar-refractivity contribution in [3.63, 3.8) is 0 Å². The number of allylic oxidation sites excluding steroid dienone is 8. The van der Waals surface area contributed by atoms with Crippen molar-refractivity contribution in [1.29, 1.82) is 0 Å². The summed E-state index contributed by atoms with van der Waals surface area (Å²) in [6.07, 6.45) is 19.7. The third kappa shape index (κ3) is 2.85. The molecule has 0 nitrogen and oxygen atoms in total. The Morgan fingerprint density at radius 3 is 2.25 bits per heavy atom. The molecule has 0 aliphatic heterocycles. The molecule has 2 saturated carbocycles. The first-order valence-corrected chi connectivity index (χ1v) is 16.5. The van der Waals surface area contributed by atoms with Crippen molar-refractivity contribution < 1.29 is 16.6 Å². The van der Waals surface area contributed by atoms with E-state index >= 15 is 0 Å². The average molecular weight is 372 g/mol. The molecule has 0 aromatic carbocycles. The third-order valence-electron chi connectivity index (χ3n) is 7.06. The molecule has 4 aliphatic carbocycles.